The van der Waals surface area contributed by atoms with Crippen molar-refractivity contribution in [2.45, 2.75) is 18.9 Å². The van der Waals surface area contributed by atoms with Crippen LogP contribution in [0.25, 0.3) is 11.3 Å². The lowest BCUT2D eigenvalue weighted by molar-refractivity contribution is -0.142. The molecule has 0 aliphatic carbocycles. The summed E-state index contributed by atoms with van der Waals surface area (Å²) in [6, 6.07) is 19.7. The maximum atomic E-state index is 12.7. The fourth-order valence-corrected chi connectivity index (χ4v) is 3.41. The van der Waals surface area contributed by atoms with Crippen LogP contribution in [0.1, 0.15) is 11.1 Å². The van der Waals surface area contributed by atoms with Gasteiger partial charge < -0.3 is 14.8 Å². The molecule has 2 aromatic carbocycles. The number of furan rings is 1. The van der Waals surface area contributed by atoms with E-state index in [0.29, 0.717) is 12.2 Å². The zero-order valence-corrected chi connectivity index (χ0v) is 16.7. The van der Waals surface area contributed by atoms with E-state index < -0.39 is 17.9 Å². The van der Waals surface area contributed by atoms with Gasteiger partial charge in [-0.3, -0.25) is 4.79 Å². The third-order valence-corrected chi connectivity index (χ3v) is 5.17. The molecule has 0 radical (unpaired) electrons. The van der Waals surface area contributed by atoms with Gasteiger partial charge in [-0.25, -0.2) is 4.79 Å². The lowest BCUT2D eigenvalue weighted by Gasteiger charge is -2.19. The van der Waals surface area contributed by atoms with Gasteiger partial charge in [0.1, 0.15) is 11.8 Å². The molecule has 2 N–H and O–H groups in total. The Morgan fingerprint density at radius 3 is 2.21 bits per heavy atom. The van der Waals surface area contributed by atoms with Gasteiger partial charge in [-0.15, -0.1) is 0 Å². The highest BCUT2D eigenvalue weighted by Gasteiger charge is 2.25. The first-order valence-corrected chi connectivity index (χ1v) is 10.0. The summed E-state index contributed by atoms with van der Waals surface area (Å²) in [5, 5.41) is 12.3. The molecule has 0 aliphatic rings. The van der Waals surface area contributed by atoms with E-state index in [0.717, 1.165) is 22.5 Å². The normalized spacial score (nSPS) is 12.9. The third kappa shape index (κ3) is 5.74. The number of carbonyl (C=O) groups excluding carboxylic acids is 1. The molecule has 0 saturated heterocycles. The van der Waals surface area contributed by atoms with Crippen LogP contribution in [-0.4, -0.2) is 28.8 Å². The Bertz CT molecular complexity index is 923. The van der Waals surface area contributed by atoms with Crippen LogP contribution >= 0.6 is 12.6 Å². The molecule has 0 saturated carbocycles. The molecule has 6 heteroatoms. The summed E-state index contributed by atoms with van der Waals surface area (Å²) >= 11 is 4.28. The second kappa shape index (κ2) is 9.98. The lowest BCUT2D eigenvalue weighted by atomic mass is 9.98. The lowest BCUT2D eigenvalue weighted by Crippen LogP contribution is -2.45. The summed E-state index contributed by atoms with van der Waals surface area (Å²) in [6.07, 6.45) is 2.32. The highest BCUT2D eigenvalue weighted by molar-refractivity contribution is 7.80. The van der Waals surface area contributed by atoms with Crippen molar-refractivity contribution in [1.29, 1.82) is 0 Å². The van der Waals surface area contributed by atoms with Gasteiger partial charge >= 0.3 is 5.97 Å². The monoisotopic (exact) mass is 409 g/mol. The zero-order valence-electron chi connectivity index (χ0n) is 15.8. The van der Waals surface area contributed by atoms with Crippen molar-refractivity contribution in [1.82, 2.24) is 5.32 Å². The number of carboxylic acid groups (broad SMARTS) is 1. The molecule has 29 heavy (non-hydrogen) atoms. The van der Waals surface area contributed by atoms with Crippen molar-refractivity contribution in [2.75, 3.05) is 5.75 Å². The van der Waals surface area contributed by atoms with E-state index in [4.69, 9.17) is 4.42 Å². The van der Waals surface area contributed by atoms with Crippen LogP contribution in [0.4, 0.5) is 0 Å². The summed E-state index contributed by atoms with van der Waals surface area (Å²) in [5.41, 5.74) is 2.74. The average molecular weight is 410 g/mol. The number of hydrogen-bond acceptors (Lipinski definition) is 4. The van der Waals surface area contributed by atoms with Gasteiger partial charge in [-0.2, -0.15) is 12.6 Å². The first-order valence-electron chi connectivity index (χ1n) is 9.37. The molecular weight excluding hydrogens is 386 g/mol. The Morgan fingerprint density at radius 2 is 1.62 bits per heavy atom. The van der Waals surface area contributed by atoms with E-state index in [2.05, 4.69) is 17.9 Å². The number of hydrogen-bond donors (Lipinski definition) is 3. The zero-order chi connectivity index (χ0) is 20.6. The van der Waals surface area contributed by atoms with Crippen LogP contribution in [0.5, 0.6) is 0 Å². The Labute approximate surface area is 175 Å². The topological polar surface area (TPSA) is 79.5 Å². The van der Waals surface area contributed by atoms with Gasteiger partial charge in [0.05, 0.1) is 12.2 Å². The van der Waals surface area contributed by atoms with Gasteiger partial charge in [0.15, 0.2) is 0 Å². The van der Waals surface area contributed by atoms with Crippen LogP contribution in [-0.2, 0) is 22.4 Å². The van der Waals surface area contributed by atoms with Crippen LogP contribution in [0.3, 0.4) is 0 Å². The number of carboxylic acids is 1. The smallest absolute Gasteiger partial charge is 0.326 e. The molecule has 2 atom stereocenters. The number of benzene rings is 2. The van der Waals surface area contributed by atoms with Gasteiger partial charge in [0, 0.05) is 17.7 Å². The molecule has 0 fully saturated rings. The van der Waals surface area contributed by atoms with E-state index in [1.54, 1.807) is 6.26 Å². The number of nitrogens with one attached hydrogen (secondary N) is 1. The first-order chi connectivity index (χ1) is 14.1. The number of rotatable bonds is 9. The highest BCUT2D eigenvalue weighted by Crippen LogP contribution is 2.20. The van der Waals surface area contributed by atoms with Crippen LogP contribution in [0.2, 0.25) is 0 Å². The van der Waals surface area contributed by atoms with Crippen molar-refractivity contribution < 1.29 is 19.1 Å². The summed E-state index contributed by atoms with van der Waals surface area (Å²) in [4.78, 5) is 24.4. The summed E-state index contributed by atoms with van der Waals surface area (Å²) < 4.78 is 5.36. The highest BCUT2D eigenvalue weighted by atomic mass is 32.1. The number of aliphatic carboxylic acids is 1. The fourth-order valence-electron chi connectivity index (χ4n) is 3.11. The van der Waals surface area contributed by atoms with Gasteiger partial charge in [0.2, 0.25) is 5.91 Å². The minimum atomic E-state index is -1.06. The summed E-state index contributed by atoms with van der Waals surface area (Å²) in [7, 11) is 0. The molecule has 1 heterocycles. The SMILES string of the molecule is O=C(N[C@@H](Cc1ccc(-c2ccco2)cc1)C(=O)O)[C@@H](CS)Cc1ccccc1. The minimum Gasteiger partial charge on any atom is -0.480 e. The second-order valence-electron chi connectivity index (χ2n) is 6.85. The van der Waals surface area contributed by atoms with Crippen molar-refractivity contribution in [3.05, 3.63) is 84.1 Å². The van der Waals surface area contributed by atoms with E-state index in [9.17, 15) is 14.7 Å². The Kier molecular flexibility index (Phi) is 7.14. The first kappa shape index (κ1) is 20.7. The maximum Gasteiger partial charge on any atom is 0.326 e. The van der Waals surface area contributed by atoms with Crippen LogP contribution in [0.15, 0.2) is 77.4 Å². The third-order valence-electron chi connectivity index (χ3n) is 4.73. The second-order valence-corrected chi connectivity index (χ2v) is 7.21. The predicted octanol–water partition coefficient (Wildman–Crippen LogP) is 3.85. The van der Waals surface area contributed by atoms with E-state index in [-0.39, 0.29) is 12.3 Å². The molecule has 3 aromatic rings. The standard InChI is InChI=1S/C23H23NO4S/c25-22(19(15-29)13-16-5-2-1-3-6-16)24-20(23(26)27)14-17-8-10-18(11-9-17)21-7-4-12-28-21/h1-12,19-20,29H,13-15H2,(H,24,25)(H,26,27)/t19-,20+/m1/s1. The largest absolute Gasteiger partial charge is 0.480 e. The quantitative estimate of drug-likeness (QED) is 0.469. The van der Waals surface area contributed by atoms with Gasteiger partial charge in [-0.05, 0) is 29.7 Å². The Balaban J connectivity index is 1.64. The molecule has 5 nitrogen and oxygen atoms in total. The number of amides is 1. The van der Waals surface area contributed by atoms with Crippen LogP contribution in [0, 0.1) is 5.92 Å². The maximum absolute atomic E-state index is 12.7. The van der Waals surface area contributed by atoms with Crippen molar-refractivity contribution in [3.8, 4) is 11.3 Å². The molecule has 0 aliphatic heterocycles. The van der Waals surface area contributed by atoms with Crippen molar-refractivity contribution >= 4 is 24.5 Å². The van der Waals surface area contributed by atoms with Crippen molar-refractivity contribution in [3.63, 3.8) is 0 Å². The average Bonchev–Trinajstić information content (AvgIpc) is 3.27. The molecule has 1 aromatic heterocycles. The molecule has 0 spiro atoms. The van der Waals surface area contributed by atoms with E-state index in [1.165, 1.54) is 0 Å². The number of carbonyl (C=O) groups is 2. The summed E-state index contributed by atoms with van der Waals surface area (Å²) in [5.74, 6) is -0.680. The minimum absolute atomic E-state index is 0.199. The predicted molar refractivity (Wildman–Crippen MR) is 115 cm³/mol. The molecule has 0 unspecified atom stereocenters. The van der Waals surface area contributed by atoms with Gasteiger partial charge in [0.25, 0.3) is 0 Å². The van der Waals surface area contributed by atoms with E-state index >= 15 is 0 Å². The molecule has 0 bridgehead atoms. The molecule has 1 amide bonds. The molecule has 150 valence electrons. The van der Waals surface area contributed by atoms with Crippen molar-refractivity contribution in [2.24, 2.45) is 5.92 Å². The number of thiol groups is 1. The Hall–Kier alpha value is -2.99. The molecule has 3 rings (SSSR count). The van der Waals surface area contributed by atoms with Gasteiger partial charge in [-0.1, -0.05) is 54.6 Å². The van der Waals surface area contributed by atoms with Crippen LogP contribution < -0.4 is 5.32 Å². The van der Waals surface area contributed by atoms with E-state index in [1.807, 2.05) is 66.7 Å². The molecular formula is C23H23NO4S. The fraction of sp³-hybridized carbons (Fsp3) is 0.217. The Morgan fingerprint density at radius 1 is 0.931 bits per heavy atom. The summed E-state index contributed by atoms with van der Waals surface area (Å²) in [6.45, 7) is 0.